The second-order valence-corrected chi connectivity index (χ2v) is 5.41. The Morgan fingerprint density at radius 1 is 1.24 bits per heavy atom. The van der Waals surface area contributed by atoms with Crippen LogP contribution in [0.2, 0.25) is 0 Å². The largest absolute Gasteiger partial charge is 0.310 e. The molecule has 0 radical (unpaired) electrons. The van der Waals surface area contributed by atoms with Crippen LogP contribution in [0.1, 0.15) is 38.6 Å². The fourth-order valence-corrected chi connectivity index (χ4v) is 2.22. The SMILES string of the molecule is CCCc1nccn1-c1c(F)cc(CNC(C)C)cc1F. The topological polar surface area (TPSA) is 29.9 Å². The number of benzene rings is 1. The average Bonchev–Trinajstić information content (AvgIpc) is 2.84. The summed E-state index contributed by atoms with van der Waals surface area (Å²) >= 11 is 0. The molecule has 0 spiro atoms. The van der Waals surface area contributed by atoms with E-state index in [-0.39, 0.29) is 11.7 Å². The lowest BCUT2D eigenvalue weighted by Crippen LogP contribution is -2.22. The van der Waals surface area contributed by atoms with Gasteiger partial charge in [0.1, 0.15) is 11.5 Å². The monoisotopic (exact) mass is 293 g/mol. The summed E-state index contributed by atoms with van der Waals surface area (Å²) < 4.78 is 30.1. The molecule has 1 aromatic heterocycles. The van der Waals surface area contributed by atoms with Crippen molar-refractivity contribution in [3.8, 4) is 5.69 Å². The molecule has 0 unspecified atom stereocenters. The lowest BCUT2D eigenvalue weighted by molar-refractivity contribution is 0.549. The molecule has 1 heterocycles. The summed E-state index contributed by atoms with van der Waals surface area (Å²) in [4.78, 5) is 4.16. The van der Waals surface area contributed by atoms with Crippen molar-refractivity contribution in [1.29, 1.82) is 0 Å². The van der Waals surface area contributed by atoms with Crippen molar-refractivity contribution >= 4 is 0 Å². The number of aromatic nitrogens is 2. The van der Waals surface area contributed by atoms with E-state index in [2.05, 4.69) is 10.3 Å². The lowest BCUT2D eigenvalue weighted by atomic mass is 10.1. The molecule has 0 aliphatic carbocycles. The van der Waals surface area contributed by atoms with Gasteiger partial charge in [-0.1, -0.05) is 20.8 Å². The van der Waals surface area contributed by atoms with Crippen molar-refractivity contribution in [2.75, 3.05) is 0 Å². The molecule has 2 aromatic rings. The number of nitrogens with one attached hydrogen (secondary N) is 1. The first-order valence-corrected chi connectivity index (χ1v) is 7.26. The van der Waals surface area contributed by atoms with Crippen molar-refractivity contribution in [2.24, 2.45) is 0 Å². The van der Waals surface area contributed by atoms with Crippen LogP contribution in [0.4, 0.5) is 8.78 Å². The van der Waals surface area contributed by atoms with Crippen molar-refractivity contribution in [3.63, 3.8) is 0 Å². The predicted octanol–water partition coefficient (Wildman–Crippen LogP) is 3.60. The van der Waals surface area contributed by atoms with Crippen LogP contribution in [0.15, 0.2) is 24.5 Å². The number of halogens is 2. The minimum absolute atomic E-state index is 0.0516. The maximum absolute atomic E-state index is 14.3. The van der Waals surface area contributed by atoms with Crippen LogP contribution in [-0.4, -0.2) is 15.6 Å². The van der Waals surface area contributed by atoms with Gasteiger partial charge in [-0.25, -0.2) is 13.8 Å². The van der Waals surface area contributed by atoms with E-state index < -0.39 is 11.6 Å². The van der Waals surface area contributed by atoms with Gasteiger partial charge in [-0.15, -0.1) is 0 Å². The van der Waals surface area contributed by atoms with E-state index in [0.717, 1.165) is 6.42 Å². The first-order valence-electron chi connectivity index (χ1n) is 7.26. The van der Waals surface area contributed by atoms with Crippen LogP contribution in [0.25, 0.3) is 5.69 Å². The van der Waals surface area contributed by atoms with Gasteiger partial charge < -0.3 is 5.32 Å². The smallest absolute Gasteiger partial charge is 0.150 e. The summed E-state index contributed by atoms with van der Waals surface area (Å²) in [6, 6.07) is 3.02. The Bertz CT molecular complexity index is 582. The van der Waals surface area contributed by atoms with Gasteiger partial charge in [-0.05, 0) is 24.1 Å². The zero-order valence-electron chi connectivity index (χ0n) is 12.7. The molecule has 2 rings (SSSR count). The summed E-state index contributed by atoms with van der Waals surface area (Å²) in [6.45, 7) is 6.43. The van der Waals surface area contributed by atoms with Crippen molar-refractivity contribution in [3.05, 3.63) is 47.5 Å². The average molecular weight is 293 g/mol. The van der Waals surface area contributed by atoms with Gasteiger partial charge in [0.15, 0.2) is 11.6 Å². The summed E-state index contributed by atoms with van der Waals surface area (Å²) in [5, 5.41) is 3.15. The van der Waals surface area contributed by atoms with Gasteiger partial charge >= 0.3 is 0 Å². The van der Waals surface area contributed by atoms with Crippen molar-refractivity contribution in [1.82, 2.24) is 14.9 Å². The zero-order chi connectivity index (χ0) is 15.4. The molecule has 0 saturated heterocycles. The number of nitrogens with zero attached hydrogens (tertiary/aromatic N) is 2. The van der Waals surface area contributed by atoms with Gasteiger partial charge in [-0.2, -0.15) is 0 Å². The summed E-state index contributed by atoms with van der Waals surface area (Å²) in [5.74, 6) is -0.458. The fraction of sp³-hybridized carbons (Fsp3) is 0.438. The Morgan fingerprint density at radius 3 is 2.48 bits per heavy atom. The molecule has 21 heavy (non-hydrogen) atoms. The fourth-order valence-electron chi connectivity index (χ4n) is 2.22. The molecule has 114 valence electrons. The number of imidazole rings is 1. The molecule has 0 atom stereocenters. The molecule has 1 aromatic carbocycles. The van der Waals surface area contributed by atoms with Gasteiger partial charge in [0.2, 0.25) is 0 Å². The molecular formula is C16H21F2N3. The maximum atomic E-state index is 14.3. The summed E-state index contributed by atoms with van der Waals surface area (Å²) in [5.41, 5.74) is 0.545. The number of hydrogen-bond acceptors (Lipinski definition) is 2. The van der Waals surface area contributed by atoms with E-state index in [9.17, 15) is 8.78 Å². The van der Waals surface area contributed by atoms with Gasteiger partial charge in [0, 0.05) is 31.4 Å². The summed E-state index contributed by atoms with van der Waals surface area (Å²) in [7, 11) is 0. The lowest BCUT2D eigenvalue weighted by Gasteiger charge is -2.13. The molecule has 0 aliphatic heterocycles. The Kier molecular flexibility index (Phi) is 5.07. The van der Waals surface area contributed by atoms with E-state index in [0.29, 0.717) is 24.4 Å². The van der Waals surface area contributed by atoms with E-state index >= 15 is 0 Å². The van der Waals surface area contributed by atoms with Gasteiger partial charge in [-0.3, -0.25) is 4.57 Å². The summed E-state index contributed by atoms with van der Waals surface area (Å²) in [6.07, 6.45) is 4.72. The normalized spacial score (nSPS) is 11.3. The highest BCUT2D eigenvalue weighted by atomic mass is 19.1. The molecule has 3 nitrogen and oxygen atoms in total. The molecule has 0 saturated carbocycles. The Balaban J connectivity index is 2.34. The van der Waals surface area contributed by atoms with Gasteiger partial charge in [0.25, 0.3) is 0 Å². The second-order valence-electron chi connectivity index (χ2n) is 5.41. The van der Waals surface area contributed by atoms with Crippen LogP contribution in [0.3, 0.4) is 0 Å². The first-order chi connectivity index (χ1) is 10.0. The molecular weight excluding hydrogens is 272 g/mol. The minimum atomic E-state index is -0.564. The molecule has 0 fully saturated rings. The minimum Gasteiger partial charge on any atom is -0.310 e. The van der Waals surface area contributed by atoms with E-state index in [1.807, 2.05) is 20.8 Å². The third-order valence-electron chi connectivity index (χ3n) is 3.22. The van der Waals surface area contributed by atoms with Crippen LogP contribution in [0, 0.1) is 11.6 Å². The van der Waals surface area contributed by atoms with E-state index in [1.54, 1.807) is 12.4 Å². The van der Waals surface area contributed by atoms with Crippen LogP contribution in [-0.2, 0) is 13.0 Å². The Labute approximate surface area is 124 Å². The molecule has 5 heteroatoms. The second kappa shape index (κ2) is 6.80. The van der Waals surface area contributed by atoms with Crippen LogP contribution < -0.4 is 5.32 Å². The molecule has 0 bridgehead atoms. The van der Waals surface area contributed by atoms with Crippen molar-refractivity contribution in [2.45, 2.75) is 46.2 Å². The molecule has 0 amide bonds. The number of rotatable bonds is 6. The highest BCUT2D eigenvalue weighted by molar-refractivity contribution is 5.39. The van der Waals surface area contributed by atoms with Gasteiger partial charge in [0.05, 0.1) is 0 Å². The number of hydrogen-bond donors (Lipinski definition) is 1. The number of aryl methyl sites for hydroxylation is 1. The third kappa shape index (κ3) is 3.67. The molecule has 0 aliphatic rings. The zero-order valence-corrected chi connectivity index (χ0v) is 12.7. The Hall–Kier alpha value is -1.75. The third-order valence-corrected chi connectivity index (χ3v) is 3.22. The van der Waals surface area contributed by atoms with Crippen molar-refractivity contribution < 1.29 is 8.78 Å². The quantitative estimate of drug-likeness (QED) is 0.882. The maximum Gasteiger partial charge on any atom is 0.150 e. The van der Waals surface area contributed by atoms with Crippen LogP contribution >= 0.6 is 0 Å². The highest BCUT2D eigenvalue weighted by Gasteiger charge is 2.16. The van der Waals surface area contributed by atoms with E-state index in [4.69, 9.17) is 0 Å². The standard InChI is InChI=1S/C16H21F2N3/c1-4-5-15-19-6-7-21(15)16-13(17)8-12(9-14(16)18)10-20-11(2)3/h6-9,11,20H,4-5,10H2,1-3H3. The highest BCUT2D eigenvalue weighted by Crippen LogP contribution is 2.22. The van der Waals surface area contributed by atoms with Crippen LogP contribution in [0.5, 0.6) is 0 Å². The van der Waals surface area contributed by atoms with E-state index in [1.165, 1.54) is 16.7 Å². The first kappa shape index (κ1) is 15.6. The predicted molar refractivity (Wildman–Crippen MR) is 79.5 cm³/mol. The Morgan fingerprint density at radius 2 is 1.90 bits per heavy atom. The molecule has 1 N–H and O–H groups in total.